The van der Waals surface area contributed by atoms with Crippen molar-refractivity contribution in [1.29, 1.82) is 0 Å². The summed E-state index contributed by atoms with van der Waals surface area (Å²) < 4.78 is 11.2. The molecule has 2 aromatic rings. The van der Waals surface area contributed by atoms with Gasteiger partial charge in [0.25, 0.3) is 0 Å². The number of hydrogen-bond donors (Lipinski definition) is 1. The molecule has 0 bridgehead atoms. The third-order valence-corrected chi connectivity index (χ3v) is 5.59. The highest BCUT2D eigenvalue weighted by atomic mass is 16.5. The number of nitrogens with zero attached hydrogens (tertiary/aromatic N) is 5. The molecule has 0 spiro atoms. The van der Waals surface area contributed by atoms with E-state index in [1.165, 1.54) is 5.56 Å². The third kappa shape index (κ3) is 2.89. The van der Waals surface area contributed by atoms with Gasteiger partial charge in [-0.05, 0) is 18.6 Å². The second-order valence-electron chi connectivity index (χ2n) is 7.32. The van der Waals surface area contributed by atoms with Gasteiger partial charge in [-0.15, -0.1) is 0 Å². The van der Waals surface area contributed by atoms with Crippen LogP contribution in [0.4, 0.5) is 17.6 Å². The van der Waals surface area contributed by atoms with Crippen LogP contribution in [0, 0.1) is 6.92 Å². The molecule has 0 amide bonds. The van der Waals surface area contributed by atoms with Crippen molar-refractivity contribution in [3.05, 3.63) is 23.4 Å². The maximum atomic E-state index is 5.87. The molecular weight excluding hydrogens is 344 g/mol. The molecule has 0 unspecified atom stereocenters. The van der Waals surface area contributed by atoms with Gasteiger partial charge in [-0.25, -0.2) is 9.97 Å². The van der Waals surface area contributed by atoms with Gasteiger partial charge in [-0.1, -0.05) is 0 Å². The standard InChI is InChI=1S/C19H24N6O2/c1-12-8-16(20)21-10-15(12)17-14-9-13-11-27-7-4-25(13)18(14)23-19(22-17)24-2-5-26-6-3-24/h8,10,13H,2-7,9,11H2,1H3,(H2,20,21)/t13-/m1/s1. The molecule has 0 radical (unpaired) electrons. The third-order valence-electron chi connectivity index (χ3n) is 5.59. The summed E-state index contributed by atoms with van der Waals surface area (Å²) in [4.78, 5) is 18.9. The van der Waals surface area contributed by atoms with Gasteiger partial charge < -0.3 is 25.0 Å². The first-order valence-corrected chi connectivity index (χ1v) is 9.51. The van der Waals surface area contributed by atoms with E-state index in [9.17, 15) is 0 Å². The highest BCUT2D eigenvalue weighted by Gasteiger charge is 2.36. The van der Waals surface area contributed by atoms with Crippen LogP contribution in [-0.2, 0) is 15.9 Å². The lowest BCUT2D eigenvalue weighted by atomic mass is 10.0. The second kappa shape index (κ2) is 6.61. The molecule has 3 aliphatic rings. The zero-order valence-electron chi connectivity index (χ0n) is 15.5. The Kier molecular flexibility index (Phi) is 4.09. The zero-order valence-corrected chi connectivity index (χ0v) is 15.5. The maximum absolute atomic E-state index is 5.87. The highest BCUT2D eigenvalue weighted by molar-refractivity contribution is 5.75. The Morgan fingerprint density at radius 2 is 1.93 bits per heavy atom. The molecule has 2 N–H and O–H groups in total. The summed E-state index contributed by atoms with van der Waals surface area (Å²) in [6, 6.07) is 2.24. The van der Waals surface area contributed by atoms with Crippen LogP contribution in [0.15, 0.2) is 12.3 Å². The lowest BCUT2D eigenvalue weighted by Crippen LogP contribution is -2.43. The Hall–Kier alpha value is -2.45. The minimum absolute atomic E-state index is 0.337. The van der Waals surface area contributed by atoms with Crippen LogP contribution in [0.5, 0.6) is 0 Å². The van der Waals surface area contributed by atoms with Crippen molar-refractivity contribution in [1.82, 2.24) is 15.0 Å². The quantitative estimate of drug-likeness (QED) is 0.841. The fourth-order valence-corrected chi connectivity index (χ4v) is 4.18. The van der Waals surface area contributed by atoms with Gasteiger partial charge in [0.05, 0.1) is 38.2 Å². The van der Waals surface area contributed by atoms with Crippen molar-refractivity contribution in [3.63, 3.8) is 0 Å². The molecule has 2 fully saturated rings. The summed E-state index contributed by atoms with van der Waals surface area (Å²) in [6.07, 6.45) is 2.74. The number of morpholine rings is 2. The fraction of sp³-hybridized carbons (Fsp3) is 0.526. The average Bonchev–Trinajstić information content (AvgIpc) is 3.07. The summed E-state index contributed by atoms with van der Waals surface area (Å²) in [7, 11) is 0. The number of pyridine rings is 1. The second-order valence-corrected chi connectivity index (χ2v) is 7.32. The lowest BCUT2D eigenvalue weighted by molar-refractivity contribution is 0.0974. The minimum Gasteiger partial charge on any atom is -0.384 e. The van der Waals surface area contributed by atoms with E-state index in [1.807, 2.05) is 12.3 Å². The molecule has 0 saturated carbocycles. The van der Waals surface area contributed by atoms with E-state index < -0.39 is 0 Å². The Balaban J connectivity index is 1.65. The average molecular weight is 368 g/mol. The van der Waals surface area contributed by atoms with E-state index in [2.05, 4.69) is 21.7 Å². The molecular formula is C19H24N6O2. The number of nitrogens with two attached hydrogens (primary N) is 1. The Morgan fingerprint density at radius 1 is 1.11 bits per heavy atom. The summed E-state index contributed by atoms with van der Waals surface area (Å²) >= 11 is 0. The first-order valence-electron chi connectivity index (χ1n) is 9.51. The van der Waals surface area contributed by atoms with Crippen molar-refractivity contribution in [3.8, 4) is 11.3 Å². The van der Waals surface area contributed by atoms with Crippen LogP contribution < -0.4 is 15.5 Å². The molecule has 1 atom stereocenters. The van der Waals surface area contributed by atoms with Gasteiger partial charge in [0.2, 0.25) is 5.95 Å². The van der Waals surface area contributed by atoms with E-state index >= 15 is 0 Å². The highest BCUT2D eigenvalue weighted by Crippen LogP contribution is 2.39. The number of anilines is 3. The molecule has 0 aliphatic carbocycles. The Labute approximate surface area is 158 Å². The van der Waals surface area contributed by atoms with Crippen molar-refractivity contribution < 1.29 is 9.47 Å². The molecule has 2 saturated heterocycles. The fourth-order valence-electron chi connectivity index (χ4n) is 4.18. The van der Waals surface area contributed by atoms with Crippen molar-refractivity contribution in [2.24, 2.45) is 0 Å². The van der Waals surface area contributed by atoms with Crippen molar-refractivity contribution in [2.75, 3.05) is 61.6 Å². The summed E-state index contributed by atoms with van der Waals surface area (Å²) in [5.41, 5.74) is 10.1. The van der Waals surface area contributed by atoms with Crippen molar-refractivity contribution in [2.45, 2.75) is 19.4 Å². The van der Waals surface area contributed by atoms with E-state index in [-0.39, 0.29) is 0 Å². The van der Waals surface area contributed by atoms with Crippen LogP contribution in [0.25, 0.3) is 11.3 Å². The first kappa shape index (κ1) is 16.7. The van der Waals surface area contributed by atoms with Crippen LogP contribution in [0.3, 0.4) is 0 Å². The van der Waals surface area contributed by atoms with Crippen LogP contribution >= 0.6 is 0 Å². The normalized spacial score (nSPS) is 21.9. The molecule has 2 aromatic heterocycles. The number of nitrogen functional groups attached to an aromatic ring is 1. The number of fused-ring (bicyclic) bond motifs is 3. The number of hydrogen-bond acceptors (Lipinski definition) is 8. The maximum Gasteiger partial charge on any atom is 0.228 e. The largest absolute Gasteiger partial charge is 0.384 e. The van der Waals surface area contributed by atoms with Gasteiger partial charge in [0.1, 0.15) is 11.6 Å². The minimum atomic E-state index is 0.337. The molecule has 8 nitrogen and oxygen atoms in total. The first-order chi connectivity index (χ1) is 13.2. The molecule has 8 heteroatoms. The van der Waals surface area contributed by atoms with Crippen LogP contribution in [0.1, 0.15) is 11.1 Å². The van der Waals surface area contributed by atoms with Gasteiger partial charge >= 0.3 is 0 Å². The summed E-state index contributed by atoms with van der Waals surface area (Å²) in [5.74, 6) is 2.35. The number of aryl methyl sites for hydroxylation is 1. The van der Waals surface area contributed by atoms with Crippen LogP contribution in [-0.4, -0.2) is 67.1 Å². The Morgan fingerprint density at radius 3 is 2.74 bits per heavy atom. The topological polar surface area (TPSA) is 89.6 Å². The molecule has 5 rings (SSSR count). The van der Waals surface area contributed by atoms with E-state index in [4.69, 9.17) is 25.2 Å². The zero-order chi connectivity index (χ0) is 18.4. The molecule has 0 aromatic carbocycles. The van der Waals surface area contributed by atoms with Crippen LogP contribution in [0.2, 0.25) is 0 Å². The predicted octanol–water partition coefficient (Wildman–Crippen LogP) is 1.03. The smallest absolute Gasteiger partial charge is 0.228 e. The Bertz CT molecular complexity index is 868. The summed E-state index contributed by atoms with van der Waals surface area (Å²) in [6.45, 7) is 7.44. The lowest BCUT2D eigenvalue weighted by Gasteiger charge is -2.32. The van der Waals surface area contributed by atoms with Gasteiger partial charge in [0, 0.05) is 43.4 Å². The van der Waals surface area contributed by atoms with Gasteiger partial charge in [-0.2, -0.15) is 4.98 Å². The van der Waals surface area contributed by atoms with E-state index in [0.717, 1.165) is 67.9 Å². The number of aromatic nitrogens is 3. The monoisotopic (exact) mass is 368 g/mol. The van der Waals surface area contributed by atoms with Crippen molar-refractivity contribution >= 4 is 17.6 Å². The van der Waals surface area contributed by atoms with Gasteiger partial charge in [-0.3, -0.25) is 0 Å². The molecule has 142 valence electrons. The summed E-state index contributed by atoms with van der Waals surface area (Å²) in [5, 5.41) is 0. The predicted molar refractivity (Wildman–Crippen MR) is 103 cm³/mol. The number of ether oxygens (including phenoxy) is 2. The van der Waals surface area contributed by atoms with E-state index in [0.29, 0.717) is 25.1 Å². The number of rotatable bonds is 2. The van der Waals surface area contributed by atoms with E-state index in [1.54, 1.807) is 0 Å². The van der Waals surface area contributed by atoms with Gasteiger partial charge in [0.15, 0.2) is 0 Å². The molecule has 3 aliphatic heterocycles. The molecule has 27 heavy (non-hydrogen) atoms. The molecule has 5 heterocycles. The SMILES string of the molecule is Cc1cc(N)ncc1-c1nc(N2CCOCC2)nc2c1C[C@@H]1COCCN21.